The van der Waals surface area contributed by atoms with Crippen LogP contribution in [0.15, 0.2) is 33.9 Å². The van der Waals surface area contributed by atoms with Crippen LogP contribution in [-0.4, -0.2) is 28.0 Å². The average Bonchev–Trinajstić information content (AvgIpc) is 2.72. The number of aryl methyl sites for hydroxylation is 1. The minimum absolute atomic E-state index is 0.209. The van der Waals surface area contributed by atoms with Gasteiger partial charge in [-0.25, -0.2) is 18.6 Å². The lowest BCUT2D eigenvalue weighted by Gasteiger charge is -2.16. The number of hydrogen-bond donors (Lipinski definition) is 1. The maximum atomic E-state index is 13.4. The van der Waals surface area contributed by atoms with E-state index in [-0.39, 0.29) is 16.6 Å². The fourth-order valence-electron chi connectivity index (χ4n) is 2.78. The molecule has 0 aliphatic heterocycles. The standard InChI is InChI=1S/C17H12ClF5N4O5S/c1-26-9-6-8(13(19)20)25-14(11(9)15(28)27(2)16(26)29)24-7-4-3-5-10(12(7)18)32-33(30,31)17(21,22)23/h3-6,13H,1-2H3,(H,24,25). The van der Waals surface area contributed by atoms with E-state index in [4.69, 9.17) is 11.6 Å². The summed E-state index contributed by atoms with van der Waals surface area (Å²) in [5, 5.41) is 1.44. The number of hydrogen-bond acceptors (Lipinski definition) is 7. The van der Waals surface area contributed by atoms with Crippen LogP contribution >= 0.6 is 11.6 Å². The van der Waals surface area contributed by atoms with Crippen LogP contribution in [0.1, 0.15) is 12.1 Å². The fraction of sp³-hybridized carbons (Fsp3) is 0.235. The number of rotatable bonds is 5. The van der Waals surface area contributed by atoms with Crippen LogP contribution in [0.25, 0.3) is 10.9 Å². The Morgan fingerprint density at radius 2 is 1.79 bits per heavy atom. The van der Waals surface area contributed by atoms with Crippen molar-refractivity contribution in [3.8, 4) is 5.75 Å². The van der Waals surface area contributed by atoms with Gasteiger partial charge < -0.3 is 9.50 Å². The van der Waals surface area contributed by atoms with Crippen molar-refractivity contribution < 1.29 is 34.6 Å². The Morgan fingerprint density at radius 3 is 2.36 bits per heavy atom. The van der Waals surface area contributed by atoms with E-state index in [1.165, 1.54) is 7.05 Å². The molecule has 0 amide bonds. The van der Waals surface area contributed by atoms with Crippen molar-refractivity contribution in [3.05, 3.63) is 55.8 Å². The maximum absolute atomic E-state index is 13.4. The van der Waals surface area contributed by atoms with E-state index in [9.17, 15) is 40.0 Å². The van der Waals surface area contributed by atoms with Crippen LogP contribution in [0.2, 0.25) is 5.02 Å². The first-order chi connectivity index (χ1) is 15.2. The highest BCUT2D eigenvalue weighted by Crippen LogP contribution is 2.37. The first-order valence-electron chi connectivity index (χ1n) is 8.60. The van der Waals surface area contributed by atoms with Gasteiger partial charge in [-0.1, -0.05) is 17.7 Å². The Balaban J connectivity index is 2.22. The van der Waals surface area contributed by atoms with Gasteiger partial charge in [-0.2, -0.15) is 21.6 Å². The molecule has 0 atom stereocenters. The molecular weight excluding hydrogens is 503 g/mol. The van der Waals surface area contributed by atoms with Gasteiger partial charge in [0.15, 0.2) is 5.75 Å². The van der Waals surface area contributed by atoms with Crippen molar-refractivity contribution in [2.75, 3.05) is 5.32 Å². The molecule has 1 N–H and O–H groups in total. The molecule has 0 bridgehead atoms. The molecule has 0 spiro atoms. The van der Waals surface area contributed by atoms with Gasteiger partial charge in [0.1, 0.15) is 21.9 Å². The second-order valence-electron chi connectivity index (χ2n) is 6.52. The first kappa shape index (κ1) is 24.4. The summed E-state index contributed by atoms with van der Waals surface area (Å²) >= 11 is 5.96. The molecule has 3 rings (SSSR count). The molecule has 16 heteroatoms. The van der Waals surface area contributed by atoms with Crippen molar-refractivity contribution in [2.45, 2.75) is 11.9 Å². The molecule has 33 heavy (non-hydrogen) atoms. The van der Waals surface area contributed by atoms with Gasteiger partial charge in [-0.15, -0.1) is 0 Å². The molecular formula is C17H12ClF5N4O5S. The number of halogens is 6. The summed E-state index contributed by atoms with van der Waals surface area (Å²) in [5.41, 5.74) is -8.80. The molecule has 0 saturated heterocycles. The van der Waals surface area contributed by atoms with E-state index >= 15 is 0 Å². The molecule has 178 valence electrons. The van der Waals surface area contributed by atoms with Crippen LogP contribution in [0.5, 0.6) is 5.75 Å². The highest BCUT2D eigenvalue weighted by atomic mass is 35.5. The third-order valence-corrected chi connectivity index (χ3v) is 5.75. The summed E-state index contributed by atoms with van der Waals surface area (Å²) in [4.78, 5) is 28.5. The van der Waals surface area contributed by atoms with Crippen molar-refractivity contribution >= 4 is 44.1 Å². The van der Waals surface area contributed by atoms with Crippen LogP contribution in [0.4, 0.5) is 33.5 Å². The Kier molecular flexibility index (Phi) is 6.14. The van der Waals surface area contributed by atoms with E-state index in [0.717, 1.165) is 35.9 Å². The minimum atomic E-state index is -6.06. The number of alkyl halides is 5. The number of fused-ring (bicyclic) bond motifs is 1. The van der Waals surface area contributed by atoms with E-state index < -0.39 is 55.6 Å². The SMILES string of the molecule is Cn1c(=O)c2c(Nc3cccc(OS(=O)(=O)C(F)(F)F)c3Cl)nc(C(F)F)cc2n(C)c1=O. The second kappa shape index (κ2) is 8.30. The van der Waals surface area contributed by atoms with Gasteiger partial charge in [-0.3, -0.25) is 13.9 Å². The fourth-order valence-corrected chi connectivity index (χ4v) is 3.50. The van der Waals surface area contributed by atoms with E-state index in [2.05, 4.69) is 14.5 Å². The second-order valence-corrected chi connectivity index (χ2v) is 8.44. The molecule has 3 aromatic rings. The number of nitrogens with one attached hydrogen (secondary N) is 1. The van der Waals surface area contributed by atoms with Crippen molar-refractivity contribution in [1.82, 2.24) is 14.1 Å². The van der Waals surface area contributed by atoms with Crippen molar-refractivity contribution in [2.24, 2.45) is 14.1 Å². The normalized spacial score (nSPS) is 12.4. The molecule has 2 heterocycles. The number of aromatic nitrogens is 3. The zero-order chi connectivity index (χ0) is 24.9. The van der Waals surface area contributed by atoms with Gasteiger partial charge in [0.2, 0.25) is 0 Å². The third-order valence-electron chi connectivity index (χ3n) is 4.40. The van der Waals surface area contributed by atoms with Gasteiger partial charge in [0, 0.05) is 14.1 Å². The van der Waals surface area contributed by atoms with Gasteiger partial charge in [0.05, 0.1) is 11.2 Å². The zero-order valence-corrected chi connectivity index (χ0v) is 18.0. The molecule has 0 radical (unpaired) electrons. The van der Waals surface area contributed by atoms with Crippen molar-refractivity contribution in [1.29, 1.82) is 0 Å². The lowest BCUT2D eigenvalue weighted by molar-refractivity contribution is -0.0500. The van der Waals surface area contributed by atoms with Crippen LogP contribution in [0, 0.1) is 0 Å². The Morgan fingerprint density at radius 1 is 1.15 bits per heavy atom. The quantitative estimate of drug-likeness (QED) is 0.316. The van der Waals surface area contributed by atoms with Gasteiger partial charge >= 0.3 is 21.3 Å². The summed E-state index contributed by atoms with van der Waals surface area (Å²) in [5.74, 6) is -1.43. The molecule has 2 aromatic heterocycles. The predicted molar refractivity (Wildman–Crippen MR) is 108 cm³/mol. The highest BCUT2D eigenvalue weighted by Gasteiger charge is 2.48. The van der Waals surface area contributed by atoms with Gasteiger partial charge in [0.25, 0.3) is 12.0 Å². The number of benzene rings is 1. The maximum Gasteiger partial charge on any atom is 0.534 e. The molecule has 1 aromatic carbocycles. The largest absolute Gasteiger partial charge is 0.534 e. The topological polar surface area (TPSA) is 112 Å². The van der Waals surface area contributed by atoms with E-state index in [1.807, 2.05) is 0 Å². The van der Waals surface area contributed by atoms with E-state index in [1.54, 1.807) is 0 Å². The summed E-state index contributed by atoms with van der Waals surface area (Å²) in [7, 11) is -3.69. The molecule has 0 aliphatic carbocycles. The summed E-state index contributed by atoms with van der Waals surface area (Å²) in [6, 6.07) is 3.86. The van der Waals surface area contributed by atoms with E-state index in [0.29, 0.717) is 4.57 Å². The zero-order valence-electron chi connectivity index (χ0n) is 16.4. The molecule has 0 unspecified atom stereocenters. The number of nitrogens with zero attached hydrogens (tertiary/aromatic N) is 3. The molecule has 9 nitrogen and oxygen atoms in total. The average molecular weight is 515 g/mol. The summed E-state index contributed by atoms with van der Waals surface area (Å²) in [6.45, 7) is 0. The molecule has 0 saturated carbocycles. The Labute approximate surface area is 186 Å². The minimum Gasteiger partial charge on any atom is -0.374 e. The van der Waals surface area contributed by atoms with Crippen LogP contribution < -0.4 is 20.7 Å². The summed E-state index contributed by atoms with van der Waals surface area (Å²) in [6.07, 6.45) is -3.11. The molecule has 0 aliphatic rings. The first-order valence-corrected chi connectivity index (χ1v) is 10.4. The number of pyridine rings is 1. The Hall–Kier alpha value is -3.20. The lowest BCUT2D eigenvalue weighted by atomic mass is 10.2. The highest BCUT2D eigenvalue weighted by molar-refractivity contribution is 7.88. The smallest absolute Gasteiger partial charge is 0.374 e. The number of anilines is 2. The van der Waals surface area contributed by atoms with Crippen LogP contribution in [0.3, 0.4) is 0 Å². The Bertz CT molecular complexity index is 1480. The third kappa shape index (κ3) is 4.37. The van der Waals surface area contributed by atoms with Crippen LogP contribution in [-0.2, 0) is 24.2 Å². The van der Waals surface area contributed by atoms with Gasteiger partial charge in [-0.05, 0) is 18.2 Å². The lowest BCUT2D eigenvalue weighted by Crippen LogP contribution is -2.37. The monoisotopic (exact) mass is 514 g/mol. The van der Waals surface area contributed by atoms with Crippen molar-refractivity contribution in [3.63, 3.8) is 0 Å². The predicted octanol–water partition coefficient (Wildman–Crippen LogP) is 3.20. The summed E-state index contributed by atoms with van der Waals surface area (Å²) < 4.78 is 92.9. The molecule has 0 fully saturated rings.